The molecule has 0 saturated carbocycles. The summed E-state index contributed by atoms with van der Waals surface area (Å²) in [6, 6.07) is 11.8. The first kappa shape index (κ1) is 15.9. The third-order valence-corrected chi connectivity index (χ3v) is 4.09. The fourth-order valence-corrected chi connectivity index (χ4v) is 2.94. The highest BCUT2D eigenvalue weighted by Gasteiger charge is 2.21. The van der Waals surface area contributed by atoms with E-state index in [0.717, 1.165) is 17.5 Å². The molecule has 3 rings (SSSR count). The first-order chi connectivity index (χ1) is 11.6. The molecule has 5 nitrogen and oxygen atoms in total. The van der Waals surface area contributed by atoms with Gasteiger partial charge in [-0.05, 0) is 36.6 Å². The van der Waals surface area contributed by atoms with Crippen LogP contribution in [0.2, 0.25) is 0 Å². The maximum absolute atomic E-state index is 11.8. The van der Waals surface area contributed by atoms with Gasteiger partial charge in [0.1, 0.15) is 5.82 Å². The van der Waals surface area contributed by atoms with Crippen molar-refractivity contribution >= 4 is 5.97 Å². The quantitative estimate of drug-likeness (QED) is 0.780. The maximum Gasteiger partial charge on any atom is 0.354 e. The summed E-state index contributed by atoms with van der Waals surface area (Å²) in [7, 11) is 0. The van der Waals surface area contributed by atoms with Crippen molar-refractivity contribution in [3.63, 3.8) is 0 Å². The molecule has 0 radical (unpaired) electrons. The minimum absolute atomic E-state index is 0.222. The minimum atomic E-state index is -0.968. The molecular formula is C19H19N3O2. The maximum atomic E-state index is 11.8. The summed E-state index contributed by atoms with van der Waals surface area (Å²) >= 11 is 0. The van der Waals surface area contributed by atoms with Crippen LogP contribution in [0.25, 0.3) is 11.4 Å². The normalized spacial score (nSPS) is 10.8. The van der Waals surface area contributed by atoms with E-state index >= 15 is 0 Å². The minimum Gasteiger partial charge on any atom is -0.477 e. The Morgan fingerprint density at radius 2 is 1.92 bits per heavy atom. The second kappa shape index (κ2) is 6.66. The fraction of sp³-hybridized carbons (Fsp3) is 0.211. The number of carboxylic acid groups (broad SMARTS) is 1. The summed E-state index contributed by atoms with van der Waals surface area (Å²) < 4.78 is 1.77. The summed E-state index contributed by atoms with van der Waals surface area (Å²) in [6.07, 6.45) is 4.29. The third kappa shape index (κ3) is 2.93. The van der Waals surface area contributed by atoms with Crippen molar-refractivity contribution in [1.29, 1.82) is 0 Å². The molecule has 0 saturated heterocycles. The Bertz CT molecular complexity index is 870. The largest absolute Gasteiger partial charge is 0.477 e. The molecule has 24 heavy (non-hydrogen) atoms. The van der Waals surface area contributed by atoms with Crippen LogP contribution in [0.15, 0.2) is 48.8 Å². The number of pyridine rings is 1. The van der Waals surface area contributed by atoms with E-state index in [1.54, 1.807) is 23.9 Å². The SMILES string of the molecule is CCc1ccccc1Cn1c(-c2cccnc2)nc(C)c1C(=O)O. The Balaban J connectivity index is 2.16. The lowest BCUT2D eigenvalue weighted by Crippen LogP contribution is -2.13. The Hall–Kier alpha value is -2.95. The number of benzene rings is 1. The average molecular weight is 321 g/mol. The molecule has 0 unspecified atom stereocenters. The van der Waals surface area contributed by atoms with Crippen LogP contribution in [0, 0.1) is 6.92 Å². The number of aromatic nitrogens is 3. The molecule has 1 aromatic carbocycles. The molecule has 5 heteroatoms. The van der Waals surface area contributed by atoms with Gasteiger partial charge in [-0.2, -0.15) is 0 Å². The van der Waals surface area contributed by atoms with E-state index in [2.05, 4.69) is 23.0 Å². The molecule has 0 fully saturated rings. The van der Waals surface area contributed by atoms with Gasteiger partial charge in [0.05, 0.1) is 12.2 Å². The van der Waals surface area contributed by atoms with Crippen molar-refractivity contribution in [2.24, 2.45) is 0 Å². The van der Waals surface area contributed by atoms with Crippen LogP contribution in [-0.2, 0) is 13.0 Å². The Morgan fingerprint density at radius 1 is 1.17 bits per heavy atom. The fourth-order valence-electron chi connectivity index (χ4n) is 2.94. The summed E-state index contributed by atoms with van der Waals surface area (Å²) in [5, 5.41) is 9.63. The Morgan fingerprint density at radius 3 is 2.54 bits per heavy atom. The molecule has 0 bridgehead atoms. The summed E-state index contributed by atoms with van der Waals surface area (Å²) in [4.78, 5) is 20.4. The molecular weight excluding hydrogens is 302 g/mol. The molecule has 0 aliphatic rings. The highest BCUT2D eigenvalue weighted by molar-refractivity contribution is 5.88. The molecule has 122 valence electrons. The number of carboxylic acids is 1. The number of rotatable bonds is 5. The Labute approximate surface area is 140 Å². The van der Waals surface area contributed by atoms with E-state index in [0.29, 0.717) is 18.1 Å². The van der Waals surface area contributed by atoms with Crippen LogP contribution in [0.4, 0.5) is 0 Å². The van der Waals surface area contributed by atoms with E-state index in [1.807, 2.05) is 30.3 Å². The van der Waals surface area contributed by atoms with Gasteiger partial charge < -0.3 is 9.67 Å². The molecule has 0 aliphatic heterocycles. The van der Waals surface area contributed by atoms with Crippen molar-refractivity contribution in [2.45, 2.75) is 26.8 Å². The van der Waals surface area contributed by atoms with E-state index < -0.39 is 5.97 Å². The van der Waals surface area contributed by atoms with E-state index in [-0.39, 0.29) is 5.69 Å². The molecule has 2 heterocycles. The van der Waals surface area contributed by atoms with Crippen molar-refractivity contribution in [3.8, 4) is 11.4 Å². The van der Waals surface area contributed by atoms with Gasteiger partial charge in [-0.3, -0.25) is 4.98 Å². The standard InChI is InChI=1S/C19H19N3O2/c1-3-14-7-4-5-8-16(14)12-22-17(19(23)24)13(2)21-18(22)15-9-6-10-20-11-15/h4-11H,3,12H2,1-2H3,(H,23,24). The highest BCUT2D eigenvalue weighted by Crippen LogP contribution is 2.24. The first-order valence-electron chi connectivity index (χ1n) is 7.89. The summed E-state index contributed by atoms with van der Waals surface area (Å²) in [5.41, 5.74) is 3.85. The van der Waals surface area contributed by atoms with Crippen LogP contribution in [-0.4, -0.2) is 25.6 Å². The molecule has 3 aromatic rings. The predicted molar refractivity (Wildman–Crippen MR) is 92.1 cm³/mol. The number of hydrogen-bond acceptors (Lipinski definition) is 3. The highest BCUT2D eigenvalue weighted by atomic mass is 16.4. The molecule has 2 aromatic heterocycles. The molecule has 0 spiro atoms. The number of aryl methyl sites for hydroxylation is 2. The topological polar surface area (TPSA) is 68.0 Å². The second-order valence-electron chi connectivity index (χ2n) is 5.62. The third-order valence-electron chi connectivity index (χ3n) is 4.09. The van der Waals surface area contributed by atoms with E-state index in [9.17, 15) is 9.90 Å². The van der Waals surface area contributed by atoms with Gasteiger partial charge in [-0.25, -0.2) is 9.78 Å². The zero-order chi connectivity index (χ0) is 17.1. The number of hydrogen-bond donors (Lipinski definition) is 1. The average Bonchev–Trinajstić information content (AvgIpc) is 2.92. The van der Waals surface area contributed by atoms with Gasteiger partial charge in [-0.15, -0.1) is 0 Å². The van der Waals surface area contributed by atoms with Crippen LogP contribution in [0.3, 0.4) is 0 Å². The lowest BCUT2D eigenvalue weighted by atomic mass is 10.1. The van der Waals surface area contributed by atoms with Gasteiger partial charge in [0, 0.05) is 18.0 Å². The summed E-state index contributed by atoms with van der Waals surface area (Å²) in [6.45, 7) is 4.29. The van der Waals surface area contributed by atoms with Crippen LogP contribution < -0.4 is 0 Å². The summed E-state index contributed by atoms with van der Waals surface area (Å²) in [5.74, 6) is -0.340. The number of carbonyl (C=O) groups is 1. The van der Waals surface area contributed by atoms with Gasteiger partial charge in [-0.1, -0.05) is 31.2 Å². The zero-order valence-corrected chi connectivity index (χ0v) is 13.7. The van der Waals surface area contributed by atoms with E-state index in [1.165, 1.54) is 5.56 Å². The smallest absolute Gasteiger partial charge is 0.354 e. The number of aromatic carboxylic acids is 1. The van der Waals surface area contributed by atoms with Crippen LogP contribution in [0.5, 0.6) is 0 Å². The van der Waals surface area contributed by atoms with Crippen molar-refractivity contribution < 1.29 is 9.90 Å². The van der Waals surface area contributed by atoms with Crippen molar-refractivity contribution in [3.05, 3.63) is 71.3 Å². The van der Waals surface area contributed by atoms with Crippen LogP contribution in [0.1, 0.15) is 34.2 Å². The zero-order valence-electron chi connectivity index (χ0n) is 13.7. The lowest BCUT2D eigenvalue weighted by Gasteiger charge is -2.13. The van der Waals surface area contributed by atoms with Gasteiger partial charge in [0.2, 0.25) is 0 Å². The Kier molecular flexibility index (Phi) is 4.42. The van der Waals surface area contributed by atoms with Gasteiger partial charge >= 0.3 is 5.97 Å². The van der Waals surface area contributed by atoms with Gasteiger partial charge in [0.15, 0.2) is 5.69 Å². The lowest BCUT2D eigenvalue weighted by molar-refractivity contribution is 0.0685. The van der Waals surface area contributed by atoms with E-state index in [4.69, 9.17) is 0 Å². The second-order valence-corrected chi connectivity index (χ2v) is 5.62. The molecule has 0 aliphatic carbocycles. The molecule has 0 atom stereocenters. The monoisotopic (exact) mass is 321 g/mol. The van der Waals surface area contributed by atoms with Crippen molar-refractivity contribution in [1.82, 2.24) is 14.5 Å². The van der Waals surface area contributed by atoms with Crippen LogP contribution >= 0.6 is 0 Å². The van der Waals surface area contributed by atoms with Gasteiger partial charge in [0.25, 0.3) is 0 Å². The molecule has 1 N–H and O–H groups in total. The number of nitrogens with zero attached hydrogens (tertiary/aromatic N) is 3. The van der Waals surface area contributed by atoms with Crippen molar-refractivity contribution in [2.75, 3.05) is 0 Å². The number of imidazole rings is 1. The first-order valence-corrected chi connectivity index (χ1v) is 7.89. The predicted octanol–water partition coefficient (Wildman–Crippen LogP) is 3.56. The molecule has 0 amide bonds.